The second kappa shape index (κ2) is 12.5. The predicted octanol–water partition coefficient (Wildman–Crippen LogP) is -0.460. The molecule has 6 N–H and O–H groups in total. The first-order chi connectivity index (χ1) is 17.9. The number of phenols is 1. The Morgan fingerprint density at radius 2 is 1.58 bits per heavy atom. The van der Waals surface area contributed by atoms with Crippen molar-refractivity contribution in [3.05, 3.63) is 59.7 Å². The van der Waals surface area contributed by atoms with Gasteiger partial charge in [-0.05, 0) is 42.3 Å². The predicted molar refractivity (Wildman–Crippen MR) is 129 cm³/mol. The number of esters is 2. The maximum absolute atomic E-state index is 13.0. The molecule has 12 nitrogen and oxygen atoms in total. The number of aliphatic hydroxyl groups is 5. The van der Waals surface area contributed by atoms with E-state index in [0.717, 1.165) is 6.92 Å². The number of hydrogen-bond acceptors (Lipinski definition) is 12. The first kappa shape index (κ1) is 29.3. The molecule has 7 atom stereocenters. The quantitative estimate of drug-likeness (QED) is 0.214. The summed E-state index contributed by atoms with van der Waals surface area (Å²) >= 11 is 0. The number of ether oxygens (including phenoxy) is 4. The number of carbonyl (C=O) groups excluding carboxylic acids is 2. The van der Waals surface area contributed by atoms with Crippen molar-refractivity contribution in [1.29, 1.82) is 0 Å². The molecule has 0 radical (unpaired) electrons. The molecule has 3 rings (SSSR count). The van der Waals surface area contributed by atoms with Gasteiger partial charge in [0.15, 0.2) is 0 Å². The van der Waals surface area contributed by atoms with E-state index in [2.05, 4.69) is 0 Å². The van der Waals surface area contributed by atoms with Gasteiger partial charge in [-0.1, -0.05) is 24.3 Å². The summed E-state index contributed by atoms with van der Waals surface area (Å²) in [5.41, 5.74) is -1.21. The van der Waals surface area contributed by atoms with Crippen LogP contribution in [0.5, 0.6) is 11.5 Å². The van der Waals surface area contributed by atoms with Gasteiger partial charge in [0, 0.05) is 13.3 Å². The minimum Gasteiger partial charge on any atom is -0.508 e. The summed E-state index contributed by atoms with van der Waals surface area (Å²) in [6.07, 6.45) is -8.62. The van der Waals surface area contributed by atoms with Crippen molar-refractivity contribution in [2.24, 2.45) is 0 Å². The van der Waals surface area contributed by atoms with E-state index in [0.29, 0.717) is 11.1 Å². The fourth-order valence-electron chi connectivity index (χ4n) is 3.89. The topological polar surface area (TPSA) is 192 Å². The molecule has 38 heavy (non-hydrogen) atoms. The second-order valence-corrected chi connectivity index (χ2v) is 9.05. The molecule has 1 heterocycles. The van der Waals surface area contributed by atoms with E-state index < -0.39 is 61.0 Å². The molecule has 0 aromatic heterocycles. The third-order valence-corrected chi connectivity index (χ3v) is 6.17. The summed E-state index contributed by atoms with van der Waals surface area (Å²) in [7, 11) is 0. The lowest BCUT2D eigenvalue weighted by atomic mass is 9.89. The van der Waals surface area contributed by atoms with Gasteiger partial charge in [-0.25, -0.2) is 4.79 Å². The van der Waals surface area contributed by atoms with E-state index in [1.165, 1.54) is 43.3 Å². The molecule has 0 bridgehead atoms. The molecular weight excluding hydrogens is 504 g/mol. The third-order valence-electron chi connectivity index (χ3n) is 6.17. The molecule has 208 valence electrons. The molecule has 0 amide bonds. The van der Waals surface area contributed by atoms with Crippen LogP contribution in [0.2, 0.25) is 0 Å². The molecule has 0 unspecified atom stereocenters. The first-order valence-corrected chi connectivity index (χ1v) is 11.9. The van der Waals surface area contributed by atoms with Gasteiger partial charge in [-0.15, -0.1) is 0 Å². The Hall–Kier alpha value is -3.26. The Morgan fingerprint density at radius 3 is 2.16 bits per heavy atom. The highest BCUT2D eigenvalue weighted by atomic mass is 16.7. The largest absolute Gasteiger partial charge is 0.508 e. The number of aromatic hydroxyl groups is 1. The molecule has 1 aliphatic heterocycles. The second-order valence-electron chi connectivity index (χ2n) is 9.05. The molecule has 1 saturated heterocycles. The first-order valence-electron chi connectivity index (χ1n) is 11.9. The lowest BCUT2D eigenvalue weighted by Gasteiger charge is -2.39. The molecule has 2 aromatic carbocycles. The van der Waals surface area contributed by atoms with Crippen molar-refractivity contribution in [3.8, 4) is 11.5 Å². The van der Waals surface area contributed by atoms with Gasteiger partial charge in [0.05, 0.1) is 6.61 Å². The maximum Gasteiger partial charge on any atom is 0.342 e. The minimum absolute atomic E-state index is 0.00636. The summed E-state index contributed by atoms with van der Waals surface area (Å²) in [5, 5.41) is 59.9. The van der Waals surface area contributed by atoms with E-state index in [1.807, 2.05) is 0 Å². The van der Waals surface area contributed by atoms with Crippen LogP contribution in [0.15, 0.2) is 48.5 Å². The van der Waals surface area contributed by atoms with E-state index in [1.54, 1.807) is 12.1 Å². The summed E-state index contributed by atoms with van der Waals surface area (Å²) in [4.78, 5) is 24.4. The molecule has 0 aliphatic carbocycles. The van der Waals surface area contributed by atoms with E-state index >= 15 is 0 Å². The van der Waals surface area contributed by atoms with Crippen molar-refractivity contribution in [2.45, 2.75) is 69.3 Å². The highest BCUT2D eigenvalue weighted by Crippen LogP contribution is 2.26. The molecule has 2 aromatic rings. The van der Waals surface area contributed by atoms with Crippen LogP contribution in [0.3, 0.4) is 0 Å². The molecule has 0 spiro atoms. The van der Waals surface area contributed by atoms with Gasteiger partial charge in [0.1, 0.15) is 48.6 Å². The highest BCUT2D eigenvalue weighted by molar-refractivity contribution is 5.81. The Morgan fingerprint density at radius 1 is 0.974 bits per heavy atom. The van der Waals surface area contributed by atoms with Crippen molar-refractivity contribution in [2.75, 3.05) is 6.61 Å². The molecule has 1 fully saturated rings. The average molecular weight is 537 g/mol. The zero-order valence-corrected chi connectivity index (χ0v) is 20.8. The third kappa shape index (κ3) is 6.98. The standard InChI is InChI=1S/C26H32O12/c1-14(36-15(2)28)26(34,11-16-3-7-18(29)8-4-16)25(33)35-13-17-5-9-19(10-6-17)37-24-23(32)22(31)21(30)20(12-27)38-24/h3-10,14,20-24,27,29-32,34H,11-13H2,1-2H3/t14-,20+,21-,22-,23-,24+,26+/m1/s1. The number of phenolic OH excluding ortho intramolecular Hbond substituents is 1. The Bertz CT molecular complexity index is 1070. The summed E-state index contributed by atoms with van der Waals surface area (Å²) < 4.78 is 21.2. The number of aliphatic hydroxyl groups excluding tert-OH is 4. The number of benzene rings is 2. The van der Waals surface area contributed by atoms with Gasteiger partial charge < -0.3 is 49.6 Å². The molecular formula is C26H32O12. The van der Waals surface area contributed by atoms with Gasteiger partial charge >= 0.3 is 11.9 Å². The van der Waals surface area contributed by atoms with Crippen LogP contribution in [0.25, 0.3) is 0 Å². The zero-order valence-electron chi connectivity index (χ0n) is 20.8. The van der Waals surface area contributed by atoms with Crippen molar-refractivity contribution in [1.82, 2.24) is 0 Å². The van der Waals surface area contributed by atoms with Gasteiger partial charge in [-0.2, -0.15) is 0 Å². The fourth-order valence-corrected chi connectivity index (χ4v) is 3.89. The van der Waals surface area contributed by atoms with Crippen LogP contribution in [-0.2, 0) is 36.8 Å². The van der Waals surface area contributed by atoms with Crippen LogP contribution >= 0.6 is 0 Å². The van der Waals surface area contributed by atoms with E-state index in [4.69, 9.17) is 18.9 Å². The highest BCUT2D eigenvalue weighted by Gasteiger charge is 2.46. The lowest BCUT2D eigenvalue weighted by Crippen LogP contribution is -2.60. The lowest BCUT2D eigenvalue weighted by molar-refractivity contribution is -0.277. The van der Waals surface area contributed by atoms with Crippen LogP contribution in [0.1, 0.15) is 25.0 Å². The van der Waals surface area contributed by atoms with Gasteiger partial charge in [0.25, 0.3) is 0 Å². The monoisotopic (exact) mass is 536 g/mol. The Kier molecular flexibility index (Phi) is 9.66. The van der Waals surface area contributed by atoms with Gasteiger partial charge in [-0.3, -0.25) is 4.79 Å². The average Bonchev–Trinajstić information content (AvgIpc) is 2.89. The van der Waals surface area contributed by atoms with Crippen LogP contribution in [0.4, 0.5) is 0 Å². The zero-order chi connectivity index (χ0) is 28.0. The molecule has 1 aliphatic rings. The van der Waals surface area contributed by atoms with E-state index in [9.17, 15) is 40.2 Å². The Labute approximate surface area is 218 Å². The van der Waals surface area contributed by atoms with Crippen molar-refractivity contribution >= 4 is 11.9 Å². The Balaban J connectivity index is 1.65. The van der Waals surface area contributed by atoms with Crippen molar-refractivity contribution in [3.63, 3.8) is 0 Å². The molecule has 12 heteroatoms. The van der Waals surface area contributed by atoms with Crippen LogP contribution in [-0.4, -0.2) is 91.6 Å². The van der Waals surface area contributed by atoms with Gasteiger partial charge in [0.2, 0.25) is 11.9 Å². The van der Waals surface area contributed by atoms with Crippen LogP contribution < -0.4 is 4.74 Å². The van der Waals surface area contributed by atoms with Crippen LogP contribution in [0, 0.1) is 0 Å². The number of rotatable bonds is 10. The number of carbonyl (C=O) groups is 2. The van der Waals surface area contributed by atoms with Crippen molar-refractivity contribution < 1.29 is 59.2 Å². The normalized spacial score (nSPS) is 25.6. The van der Waals surface area contributed by atoms with E-state index in [-0.39, 0.29) is 24.5 Å². The number of hydrogen-bond donors (Lipinski definition) is 6. The SMILES string of the molecule is CC(=O)O[C@H](C)[C@@](O)(Cc1ccc(O)cc1)C(=O)OCc1ccc(O[C@H]2O[C@@H](CO)[C@@H](O)[C@@H](O)[C@H]2O)cc1. The summed E-state index contributed by atoms with van der Waals surface area (Å²) in [6, 6.07) is 11.9. The smallest absolute Gasteiger partial charge is 0.342 e. The summed E-state index contributed by atoms with van der Waals surface area (Å²) in [6.45, 7) is 1.68. The fraction of sp³-hybridized carbons (Fsp3) is 0.462. The molecule has 0 saturated carbocycles. The maximum atomic E-state index is 13.0. The summed E-state index contributed by atoms with van der Waals surface area (Å²) in [5.74, 6) is -1.49. The minimum atomic E-state index is -2.21.